The monoisotopic (exact) mass is 656 g/mol. The summed E-state index contributed by atoms with van der Waals surface area (Å²) in [6.07, 6.45) is 3.64. The minimum Gasteiger partial charge on any atom is -0.460 e. The number of ether oxygens (including phenoxy) is 1. The summed E-state index contributed by atoms with van der Waals surface area (Å²) in [5.41, 5.74) is 3.90. The quantitative estimate of drug-likeness (QED) is 0.182. The molecule has 7 aromatic rings. The average Bonchev–Trinajstić information content (AvgIpc) is 3.27. The Hall–Kier alpha value is -4.27. The van der Waals surface area contributed by atoms with Crippen molar-refractivity contribution < 1.29 is 25.8 Å². The number of para-hydroxylation sites is 1. The van der Waals surface area contributed by atoms with Gasteiger partial charge in [0.25, 0.3) is 0 Å². The number of nitrogens with zero attached hydrogens (tertiary/aromatic N) is 3. The zero-order chi connectivity index (χ0) is 23.9. The summed E-state index contributed by atoms with van der Waals surface area (Å²) < 4.78 is 8.10. The van der Waals surface area contributed by atoms with Crippen molar-refractivity contribution in [3.05, 3.63) is 128 Å². The van der Waals surface area contributed by atoms with Gasteiger partial charge in [0.15, 0.2) is 0 Å². The van der Waals surface area contributed by atoms with E-state index in [1.807, 2.05) is 48.7 Å². The van der Waals surface area contributed by atoms with E-state index in [1.165, 1.54) is 5.39 Å². The molecule has 0 atom stereocenters. The topological polar surface area (TPSA) is 39.9 Å². The van der Waals surface area contributed by atoms with Gasteiger partial charge < -0.3 is 9.30 Å². The molecule has 0 spiro atoms. The third-order valence-corrected chi connectivity index (χ3v) is 6.34. The minimum absolute atomic E-state index is 0. The normalized spacial score (nSPS) is 11.0. The molecule has 4 nitrogen and oxygen atoms in total. The summed E-state index contributed by atoms with van der Waals surface area (Å²) in [6, 6.07) is 41.6. The maximum atomic E-state index is 5.91. The van der Waals surface area contributed by atoms with Gasteiger partial charge in [-0.3, -0.25) is 0 Å². The van der Waals surface area contributed by atoms with Crippen molar-refractivity contribution in [1.82, 2.24) is 14.5 Å². The van der Waals surface area contributed by atoms with Gasteiger partial charge in [0.05, 0.1) is 0 Å². The van der Waals surface area contributed by atoms with Crippen molar-refractivity contribution in [2.45, 2.75) is 0 Å². The summed E-state index contributed by atoms with van der Waals surface area (Å²) in [5.74, 6) is 2.01. The molecule has 5 heteroatoms. The van der Waals surface area contributed by atoms with Crippen LogP contribution in [0.2, 0.25) is 0 Å². The van der Waals surface area contributed by atoms with Crippen LogP contribution in [0, 0.1) is 12.1 Å². The van der Waals surface area contributed by atoms with Crippen molar-refractivity contribution in [3.63, 3.8) is 0 Å². The van der Waals surface area contributed by atoms with E-state index in [4.69, 9.17) is 9.72 Å². The van der Waals surface area contributed by atoms with Crippen molar-refractivity contribution in [2.75, 3.05) is 0 Å². The molecule has 0 N–H and O–H groups in total. The molecule has 3 heterocycles. The van der Waals surface area contributed by atoms with E-state index in [-0.39, 0.29) is 21.1 Å². The molecule has 0 aliphatic carbocycles. The Balaban J connectivity index is 0.00000252. The number of fused-ring (bicyclic) bond motifs is 4. The third-order valence-electron chi connectivity index (χ3n) is 6.34. The van der Waals surface area contributed by atoms with Crippen LogP contribution in [-0.4, -0.2) is 14.5 Å². The Bertz CT molecular complexity index is 1880. The van der Waals surface area contributed by atoms with Gasteiger partial charge in [-0.05, 0) is 34.5 Å². The predicted octanol–water partition coefficient (Wildman–Crippen LogP) is 7.78. The molecule has 7 rings (SSSR count). The van der Waals surface area contributed by atoms with Crippen LogP contribution >= 0.6 is 0 Å². The van der Waals surface area contributed by atoms with E-state index in [2.05, 4.69) is 82.3 Å². The van der Waals surface area contributed by atoms with Crippen LogP contribution in [0.4, 0.5) is 0 Å². The van der Waals surface area contributed by atoms with Gasteiger partial charge in [-0.25, -0.2) is 21.1 Å². The molecule has 3 aromatic heterocycles. The first-order valence-corrected chi connectivity index (χ1v) is 11.8. The second-order valence-corrected chi connectivity index (χ2v) is 8.58. The van der Waals surface area contributed by atoms with Crippen LogP contribution in [-0.2, 0) is 21.1 Å². The van der Waals surface area contributed by atoms with Gasteiger partial charge in [0.2, 0.25) is 5.88 Å². The van der Waals surface area contributed by atoms with Crippen LogP contribution in [0.15, 0.2) is 116 Å². The standard InChI is InChI=1S/C32H19N3O.Pt/c1-2-9-25-21-34-31(20-23(25)8-1)35-29-13-4-3-12-27(29)28-16-15-24(19-30(28)35)22-10-7-11-26(18-22)36-32-14-5-6-17-33-32;/h1-17,20-21H;/q-2;+2. The van der Waals surface area contributed by atoms with Crippen LogP contribution in [0.1, 0.15) is 0 Å². The fourth-order valence-electron chi connectivity index (χ4n) is 4.67. The van der Waals surface area contributed by atoms with Crippen LogP contribution in [0.25, 0.3) is 49.5 Å². The fraction of sp³-hybridized carbons (Fsp3) is 0. The number of rotatable bonds is 4. The third kappa shape index (κ3) is 4.20. The molecule has 0 fully saturated rings. The first-order chi connectivity index (χ1) is 17.8. The molecule has 4 aromatic carbocycles. The molecular weight excluding hydrogens is 637 g/mol. The van der Waals surface area contributed by atoms with Crippen LogP contribution in [0.5, 0.6) is 11.6 Å². The Labute approximate surface area is 228 Å². The van der Waals surface area contributed by atoms with Gasteiger partial charge in [0, 0.05) is 35.1 Å². The molecule has 0 aliphatic heterocycles. The zero-order valence-electron chi connectivity index (χ0n) is 19.5. The molecule has 0 saturated heterocycles. The van der Waals surface area contributed by atoms with Crippen molar-refractivity contribution in [3.8, 4) is 28.6 Å². The number of hydrogen-bond acceptors (Lipinski definition) is 3. The van der Waals surface area contributed by atoms with Gasteiger partial charge >= 0.3 is 21.1 Å². The average molecular weight is 657 g/mol. The van der Waals surface area contributed by atoms with Crippen LogP contribution in [0.3, 0.4) is 0 Å². The molecule has 0 saturated carbocycles. The Kier molecular flexibility index (Phi) is 6.03. The number of pyridine rings is 2. The summed E-state index contributed by atoms with van der Waals surface area (Å²) in [6.45, 7) is 0. The van der Waals surface area contributed by atoms with E-state index in [0.29, 0.717) is 11.6 Å². The largest absolute Gasteiger partial charge is 2.00 e. The van der Waals surface area contributed by atoms with E-state index >= 15 is 0 Å². The molecule has 0 amide bonds. The first-order valence-electron chi connectivity index (χ1n) is 11.8. The van der Waals surface area contributed by atoms with Gasteiger partial charge in [-0.15, -0.1) is 18.2 Å². The maximum Gasteiger partial charge on any atom is 2.00 e. The fourth-order valence-corrected chi connectivity index (χ4v) is 4.67. The van der Waals surface area contributed by atoms with E-state index in [0.717, 1.165) is 44.1 Å². The van der Waals surface area contributed by atoms with Gasteiger partial charge in [0.1, 0.15) is 5.82 Å². The molecule has 37 heavy (non-hydrogen) atoms. The number of benzene rings is 4. The Morgan fingerprint density at radius 3 is 2.35 bits per heavy atom. The summed E-state index contributed by atoms with van der Waals surface area (Å²) in [7, 11) is 0. The SMILES string of the molecule is [Pt+2].[c-]1c(Oc2ccccn2)cccc1-c1[c-]c2c(cc1)c1ccccc1n2-c1cc2ccccc2cn1. The van der Waals surface area contributed by atoms with Crippen molar-refractivity contribution >= 4 is 32.6 Å². The molecule has 178 valence electrons. The summed E-state index contributed by atoms with van der Waals surface area (Å²) >= 11 is 0. The van der Waals surface area contributed by atoms with Crippen molar-refractivity contribution in [2.24, 2.45) is 0 Å². The van der Waals surface area contributed by atoms with Gasteiger partial charge in [-0.2, -0.15) is 24.3 Å². The molecule has 0 radical (unpaired) electrons. The maximum absolute atomic E-state index is 5.91. The Morgan fingerprint density at radius 1 is 0.649 bits per heavy atom. The Morgan fingerprint density at radius 2 is 1.46 bits per heavy atom. The molecule has 0 aliphatic rings. The smallest absolute Gasteiger partial charge is 0.460 e. The predicted molar refractivity (Wildman–Crippen MR) is 144 cm³/mol. The van der Waals surface area contributed by atoms with E-state index in [9.17, 15) is 0 Å². The number of aromatic nitrogens is 3. The van der Waals surface area contributed by atoms with Gasteiger partial charge in [-0.1, -0.05) is 53.9 Å². The number of hydrogen-bond donors (Lipinski definition) is 0. The first kappa shape index (κ1) is 23.1. The second kappa shape index (κ2) is 9.65. The second-order valence-electron chi connectivity index (χ2n) is 8.58. The molecule has 0 unspecified atom stereocenters. The van der Waals surface area contributed by atoms with E-state index < -0.39 is 0 Å². The molecular formula is C32H19N3OPt. The van der Waals surface area contributed by atoms with Crippen LogP contribution < -0.4 is 4.74 Å². The summed E-state index contributed by atoms with van der Waals surface area (Å²) in [5, 5.41) is 4.56. The zero-order valence-corrected chi connectivity index (χ0v) is 21.8. The molecule has 0 bridgehead atoms. The summed E-state index contributed by atoms with van der Waals surface area (Å²) in [4.78, 5) is 9.07. The van der Waals surface area contributed by atoms with E-state index in [1.54, 1.807) is 6.20 Å². The van der Waals surface area contributed by atoms with Crippen molar-refractivity contribution in [1.29, 1.82) is 0 Å². The minimum atomic E-state index is 0.